The maximum absolute atomic E-state index is 12.9. The van der Waals surface area contributed by atoms with Gasteiger partial charge in [-0.25, -0.2) is 4.39 Å². The molecule has 3 rings (SSSR count). The summed E-state index contributed by atoms with van der Waals surface area (Å²) >= 11 is 0. The molecule has 1 amide bonds. The molecule has 24 heavy (non-hydrogen) atoms. The number of carbonyl (C=O) groups is 1. The molecular formula is C18H23FN4O. The Labute approximate surface area is 141 Å². The van der Waals surface area contributed by atoms with Crippen LogP contribution >= 0.6 is 0 Å². The van der Waals surface area contributed by atoms with Crippen LogP contribution in [-0.2, 0) is 17.8 Å². The number of likely N-dealkylation sites (tertiary alicyclic amines) is 1. The van der Waals surface area contributed by atoms with Crippen LogP contribution in [0.4, 0.5) is 4.39 Å². The number of amides is 1. The first-order valence-electron chi connectivity index (χ1n) is 8.55. The average Bonchev–Trinajstić information content (AvgIpc) is 3.13. The van der Waals surface area contributed by atoms with Crippen LogP contribution in [0, 0.1) is 11.7 Å². The lowest BCUT2D eigenvalue weighted by molar-refractivity contribution is -0.133. The molecule has 0 aliphatic carbocycles. The molecule has 1 aliphatic rings. The number of aryl methyl sites for hydroxylation is 2. The van der Waals surface area contributed by atoms with Gasteiger partial charge in [-0.15, -0.1) is 10.2 Å². The van der Waals surface area contributed by atoms with E-state index in [9.17, 15) is 9.18 Å². The molecule has 128 valence electrons. The van der Waals surface area contributed by atoms with Crippen LogP contribution in [-0.4, -0.2) is 38.7 Å². The van der Waals surface area contributed by atoms with E-state index in [4.69, 9.17) is 0 Å². The van der Waals surface area contributed by atoms with Gasteiger partial charge < -0.3 is 9.47 Å². The zero-order chi connectivity index (χ0) is 16.8. The number of piperidine rings is 1. The van der Waals surface area contributed by atoms with Crippen molar-refractivity contribution in [2.45, 2.75) is 38.6 Å². The summed E-state index contributed by atoms with van der Waals surface area (Å²) in [5, 5.41) is 7.50. The van der Waals surface area contributed by atoms with Gasteiger partial charge in [0, 0.05) is 26.1 Å². The second kappa shape index (κ2) is 8.04. The van der Waals surface area contributed by atoms with Crippen LogP contribution in [0.5, 0.6) is 0 Å². The fraction of sp³-hybridized carbons (Fsp3) is 0.500. The molecule has 1 aromatic heterocycles. The van der Waals surface area contributed by atoms with E-state index < -0.39 is 0 Å². The van der Waals surface area contributed by atoms with Gasteiger partial charge in [0.1, 0.15) is 18.5 Å². The van der Waals surface area contributed by atoms with Crippen molar-refractivity contribution >= 4 is 5.91 Å². The molecule has 0 saturated carbocycles. The monoisotopic (exact) mass is 330 g/mol. The first-order valence-corrected chi connectivity index (χ1v) is 8.55. The van der Waals surface area contributed by atoms with Crippen molar-refractivity contribution in [3.63, 3.8) is 0 Å². The van der Waals surface area contributed by atoms with Gasteiger partial charge in [-0.05, 0) is 49.3 Å². The predicted molar refractivity (Wildman–Crippen MR) is 88.7 cm³/mol. The fourth-order valence-corrected chi connectivity index (χ4v) is 3.27. The maximum Gasteiger partial charge on any atom is 0.224 e. The minimum Gasteiger partial charge on any atom is -0.342 e. The average molecular weight is 330 g/mol. The van der Waals surface area contributed by atoms with E-state index in [0.29, 0.717) is 18.9 Å². The molecule has 1 atom stereocenters. The third-order valence-corrected chi connectivity index (χ3v) is 4.68. The normalized spacial score (nSPS) is 17.9. The van der Waals surface area contributed by atoms with Crippen LogP contribution in [0.25, 0.3) is 0 Å². The number of hydrogen-bond acceptors (Lipinski definition) is 3. The molecule has 1 aliphatic heterocycles. The van der Waals surface area contributed by atoms with Crippen LogP contribution in [0.2, 0.25) is 0 Å². The summed E-state index contributed by atoms with van der Waals surface area (Å²) in [6, 6.07) is 6.72. The summed E-state index contributed by atoms with van der Waals surface area (Å²) in [6.45, 7) is 2.32. The first kappa shape index (κ1) is 16.6. The highest BCUT2D eigenvalue weighted by Crippen LogP contribution is 2.22. The second-order valence-electron chi connectivity index (χ2n) is 6.46. The van der Waals surface area contributed by atoms with Gasteiger partial charge in [0.05, 0.1) is 0 Å². The summed E-state index contributed by atoms with van der Waals surface area (Å²) in [4.78, 5) is 14.4. The zero-order valence-corrected chi connectivity index (χ0v) is 13.8. The van der Waals surface area contributed by atoms with Gasteiger partial charge in [-0.3, -0.25) is 4.79 Å². The number of benzene rings is 1. The summed E-state index contributed by atoms with van der Waals surface area (Å²) in [5.74, 6) is 0.541. The van der Waals surface area contributed by atoms with Gasteiger partial charge in [-0.2, -0.15) is 0 Å². The summed E-state index contributed by atoms with van der Waals surface area (Å²) in [6.07, 6.45) is 7.96. The van der Waals surface area contributed by atoms with Crippen LogP contribution in [0.3, 0.4) is 0 Å². The third kappa shape index (κ3) is 4.63. The van der Waals surface area contributed by atoms with Crippen molar-refractivity contribution in [1.29, 1.82) is 0 Å². The number of carbonyl (C=O) groups excluding carboxylic acids is 1. The number of rotatable bonds is 6. The van der Waals surface area contributed by atoms with Gasteiger partial charge in [0.15, 0.2) is 0 Å². The Kier molecular flexibility index (Phi) is 5.56. The molecule has 2 aromatic rings. The molecule has 1 fully saturated rings. The lowest BCUT2D eigenvalue weighted by Crippen LogP contribution is -2.40. The largest absolute Gasteiger partial charge is 0.342 e. The fourth-order valence-electron chi connectivity index (χ4n) is 3.27. The van der Waals surface area contributed by atoms with Gasteiger partial charge in [-0.1, -0.05) is 12.1 Å². The summed E-state index contributed by atoms with van der Waals surface area (Å²) < 4.78 is 14.8. The molecule has 1 aromatic carbocycles. The molecule has 0 bridgehead atoms. The highest BCUT2D eigenvalue weighted by atomic mass is 19.1. The molecule has 0 N–H and O–H groups in total. The van der Waals surface area contributed by atoms with E-state index in [1.807, 2.05) is 21.6 Å². The Bertz CT molecular complexity index is 642. The highest BCUT2D eigenvalue weighted by Gasteiger charge is 2.23. The van der Waals surface area contributed by atoms with Crippen LogP contribution in [0.1, 0.15) is 31.2 Å². The van der Waals surface area contributed by atoms with Crippen molar-refractivity contribution in [2.24, 2.45) is 5.92 Å². The molecule has 1 saturated heterocycles. The maximum atomic E-state index is 12.9. The van der Waals surface area contributed by atoms with E-state index in [2.05, 4.69) is 10.2 Å². The number of halogens is 1. The second-order valence-corrected chi connectivity index (χ2v) is 6.46. The van der Waals surface area contributed by atoms with E-state index in [1.54, 1.807) is 12.7 Å². The quantitative estimate of drug-likeness (QED) is 0.818. The molecule has 5 nitrogen and oxygen atoms in total. The predicted octanol–water partition coefficient (Wildman–Crippen LogP) is 2.68. The molecular weight excluding hydrogens is 307 g/mol. The number of aromatic nitrogens is 3. The number of nitrogens with zero attached hydrogens (tertiary/aromatic N) is 4. The van der Waals surface area contributed by atoms with Crippen LogP contribution in [0.15, 0.2) is 36.9 Å². The summed E-state index contributed by atoms with van der Waals surface area (Å²) in [7, 11) is 0. The van der Waals surface area contributed by atoms with Gasteiger partial charge >= 0.3 is 0 Å². The molecule has 2 heterocycles. The lowest BCUT2D eigenvalue weighted by atomic mass is 9.91. The smallest absolute Gasteiger partial charge is 0.224 e. The zero-order valence-electron chi connectivity index (χ0n) is 13.8. The van der Waals surface area contributed by atoms with Crippen molar-refractivity contribution < 1.29 is 9.18 Å². The minimum atomic E-state index is -0.193. The van der Waals surface area contributed by atoms with Crippen molar-refractivity contribution in [3.05, 3.63) is 48.3 Å². The van der Waals surface area contributed by atoms with Crippen molar-refractivity contribution in [1.82, 2.24) is 19.7 Å². The van der Waals surface area contributed by atoms with E-state index in [0.717, 1.165) is 44.3 Å². The first-order chi connectivity index (χ1) is 11.7. The Balaban J connectivity index is 1.45. The van der Waals surface area contributed by atoms with Gasteiger partial charge in [0.2, 0.25) is 5.91 Å². The molecule has 6 heteroatoms. The SMILES string of the molecule is O=C(CCn1cnnc1)N1CCC[C@H](CCc2ccc(F)cc2)C1. The number of hydrogen-bond donors (Lipinski definition) is 0. The Morgan fingerprint density at radius 2 is 1.96 bits per heavy atom. The lowest BCUT2D eigenvalue weighted by Gasteiger charge is -2.33. The topological polar surface area (TPSA) is 51.0 Å². The molecule has 0 radical (unpaired) electrons. The van der Waals surface area contributed by atoms with E-state index in [-0.39, 0.29) is 11.7 Å². The van der Waals surface area contributed by atoms with E-state index in [1.165, 1.54) is 12.1 Å². The third-order valence-electron chi connectivity index (χ3n) is 4.68. The van der Waals surface area contributed by atoms with Gasteiger partial charge in [0.25, 0.3) is 0 Å². The van der Waals surface area contributed by atoms with Crippen molar-refractivity contribution in [3.8, 4) is 0 Å². The Morgan fingerprint density at radius 3 is 2.71 bits per heavy atom. The molecule has 0 spiro atoms. The molecule has 0 unspecified atom stereocenters. The highest BCUT2D eigenvalue weighted by molar-refractivity contribution is 5.76. The van der Waals surface area contributed by atoms with Crippen LogP contribution < -0.4 is 0 Å². The Morgan fingerprint density at radius 1 is 1.21 bits per heavy atom. The standard InChI is InChI=1S/C18H23FN4O/c19-17-7-5-15(6-8-17)3-4-16-2-1-10-23(12-16)18(24)9-11-22-13-20-21-14-22/h5-8,13-14,16H,1-4,9-12H2/t16-/m1/s1. The minimum absolute atomic E-state index is 0.193. The van der Waals surface area contributed by atoms with E-state index >= 15 is 0 Å². The van der Waals surface area contributed by atoms with Crippen molar-refractivity contribution in [2.75, 3.05) is 13.1 Å². The Hall–Kier alpha value is -2.24. The summed E-state index contributed by atoms with van der Waals surface area (Å²) in [5.41, 5.74) is 1.16.